The highest BCUT2D eigenvalue weighted by atomic mass is 35.5. The Kier molecular flexibility index (Phi) is 5.87. The van der Waals surface area contributed by atoms with Crippen LogP contribution < -0.4 is 5.43 Å². The zero-order chi connectivity index (χ0) is 15.1. The highest BCUT2D eigenvalue weighted by Crippen LogP contribution is 2.20. The second-order valence-electron chi connectivity index (χ2n) is 4.80. The Bertz CT molecular complexity index is 513. The number of halogens is 1. The van der Waals surface area contributed by atoms with Gasteiger partial charge in [0.2, 0.25) is 5.84 Å². The molecule has 0 amide bonds. The lowest BCUT2D eigenvalue weighted by Gasteiger charge is -2.28. The minimum Gasteiger partial charge on any atom is -0.460 e. The van der Waals surface area contributed by atoms with Crippen LogP contribution >= 0.6 is 11.6 Å². The van der Waals surface area contributed by atoms with Crippen molar-refractivity contribution in [2.45, 2.75) is 26.2 Å². The number of para-hydroxylation sites is 1. The Morgan fingerprint density at radius 2 is 2.05 bits per heavy atom. The van der Waals surface area contributed by atoms with E-state index in [-0.39, 0.29) is 0 Å². The van der Waals surface area contributed by atoms with Crippen LogP contribution in [0.3, 0.4) is 0 Å². The molecule has 114 valence electrons. The van der Waals surface area contributed by atoms with Crippen LogP contribution in [0.1, 0.15) is 26.2 Å². The largest absolute Gasteiger partial charge is 0.460 e. The third-order valence-corrected chi connectivity index (χ3v) is 3.60. The summed E-state index contributed by atoms with van der Waals surface area (Å²) >= 11 is 6.07. The van der Waals surface area contributed by atoms with Crippen molar-refractivity contribution in [1.29, 1.82) is 0 Å². The van der Waals surface area contributed by atoms with Crippen molar-refractivity contribution in [3.8, 4) is 0 Å². The Morgan fingerprint density at radius 1 is 1.33 bits per heavy atom. The normalized spacial score (nSPS) is 15.7. The number of hydrogen-bond donors (Lipinski definition) is 1. The molecule has 2 rings (SSSR count). The molecule has 0 spiro atoms. The van der Waals surface area contributed by atoms with Crippen molar-refractivity contribution in [3.05, 3.63) is 29.3 Å². The van der Waals surface area contributed by atoms with E-state index in [0.29, 0.717) is 23.2 Å². The number of rotatable bonds is 3. The Balaban J connectivity index is 2.15. The number of amidine groups is 1. The van der Waals surface area contributed by atoms with E-state index in [1.807, 2.05) is 23.1 Å². The topological polar surface area (TPSA) is 53.9 Å². The van der Waals surface area contributed by atoms with Gasteiger partial charge in [0.05, 0.1) is 17.3 Å². The highest BCUT2D eigenvalue weighted by Gasteiger charge is 2.22. The molecule has 0 saturated carbocycles. The molecule has 0 aromatic heterocycles. The number of carbonyl (C=O) groups is 1. The highest BCUT2D eigenvalue weighted by molar-refractivity contribution is 6.35. The molecule has 1 fully saturated rings. The first-order chi connectivity index (χ1) is 10.2. The summed E-state index contributed by atoms with van der Waals surface area (Å²) in [4.78, 5) is 14.0. The second kappa shape index (κ2) is 7.88. The van der Waals surface area contributed by atoms with Gasteiger partial charge in [0, 0.05) is 13.1 Å². The van der Waals surface area contributed by atoms with Gasteiger partial charge in [0.1, 0.15) is 0 Å². The molecule has 0 radical (unpaired) electrons. The van der Waals surface area contributed by atoms with E-state index in [0.717, 1.165) is 25.9 Å². The molecule has 1 aromatic carbocycles. The summed E-state index contributed by atoms with van der Waals surface area (Å²) in [5.74, 6) is -0.0876. The fourth-order valence-corrected chi connectivity index (χ4v) is 2.39. The number of nitrogens with zero attached hydrogens (tertiary/aromatic N) is 2. The molecule has 1 N–H and O–H groups in total. The van der Waals surface area contributed by atoms with Crippen molar-refractivity contribution in [3.63, 3.8) is 0 Å². The standard InChI is InChI=1S/C15H20ClN3O2/c1-2-21-15(20)14(19-10-6-3-7-11-19)18-17-13-9-5-4-8-12(13)16/h4-5,8-9,17H,2-3,6-7,10-11H2,1H3. The fraction of sp³-hybridized carbons (Fsp3) is 0.467. The van der Waals surface area contributed by atoms with Crippen molar-refractivity contribution in [2.75, 3.05) is 25.1 Å². The lowest BCUT2D eigenvalue weighted by Crippen LogP contribution is -2.41. The molecule has 1 heterocycles. The summed E-state index contributed by atoms with van der Waals surface area (Å²) in [5.41, 5.74) is 3.53. The fourth-order valence-electron chi connectivity index (χ4n) is 2.21. The Hall–Kier alpha value is -1.75. The maximum Gasteiger partial charge on any atom is 0.375 e. The first kappa shape index (κ1) is 15.6. The summed E-state index contributed by atoms with van der Waals surface area (Å²) in [6.07, 6.45) is 3.31. The molecular weight excluding hydrogens is 290 g/mol. The van der Waals surface area contributed by atoms with E-state index in [1.165, 1.54) is 6.42 Å². The molecule has 1 saturated heterocycles. The predicted octanol–water partition coefficient (Wildman–Crippen LogP) is 3.11. The maximum atomic E-state index is 12.1. The van der Waals surface area contributed by atoms with Crippen LogP contribution in [0.15, 0.2) is 29.4 Å². The van der Waals surface area contributed by atoms with E-state index < -0.39 is 5.97 Å². The van der Waals surface area contributed by atoms with Gasteiger partial charge in [-0.25, -0.2) is 4.79 Å². The van der Waals surface area contributed by atoms with Crippen molar-refractivity contribution in [1.82, 2.24) is 4.90 Å². The van der Waals surface area contributed by atoms with Crippen LogP contribution in [-0.4, -0.2) is 36.4 Å². The first-order valence-corrected chi connectivity index (χ1v) is 7.60. The monoisotopic (exact) mass is 309 g/mol. The number of nitrogens with one attached hydrogen (secondary N) is 1. The van der Waals surface area contributed by atoms with Gasteiger partial charge in [-0.2, -0.15) is 0 Å². The molecule has 0 atom stereocenters. The van der Waals surface area contributed by atoms with E-state index in [1.54, 1.807) is 13.0 Å². The summed E-state index contributed by atoms with van der Waals surface area (Å²) in [6, 6.07) is 7.28. The predicted molar refractivity (Wildman–Crippen MR) is 84.6 cm³/mol. The van der Waals surface area contributed by atoms with Gasteiger partial charge < -0.3 is 9.64 Å². The van der Waals surface area contributed by atoms with Gasteiger partial charge in [-0.15, -0.1) is 5.10 Å². The van der Waals surface area contributed by atoms with Crippen molar-refractivity contribution in [2.24, 2.45) is 5.10 Å². The zero-order valence-electron chi connectivity index (χ0n) is 12.1. The van der Waals surface area contributed by atoms with Crippen LogP contribution in [-0.2, 0) is 9.53 Å². The molecule has 6 heteroatoms. The summed E-state index contributed by atoms with van der Waals surface area (Å²) in [5, 5.41) is 4.79. The molecule has 21 heavy (non-hydrogen) atoms. The molecule has 1 aromatic rings. The van der Waals surface area contributed by atoms with E-state index in [9.17, 15) is 4.79 Å². The van der Waals surface area contributed by atoms with Crippen molar-refractivity contribution >= 4 is 29.1 Å². The number of piperidine rings is 1. The number of carbonyl (C=O) groups excluding carboxylic acids is 1. The number of ether oxygens (including phenoxy) is 1. The number of esters is 1. The zero-order valence-corrected chi connectivity index (χ0v) is 12.9. The third kappa shape index (κ3) is 4.36. The van der Waals surface area contributed by atoms with Crippen LogP contribution in [0.4, 0.5) is 5.69 Å². The number of likely N-dealkylation sites (tertiary alicyclic amines) is 1. The Labute approximate surface area is 129 Å². The van der Waals surface area contributed by atoms with Gasteiger partial charge in [-0.05, 0) is 38.3 Å². The molecule has 5 nitrogen and oxygen atoms in total. The van der Waals surface area contributed by atoms with Gasteiger partial charge >= 0.3 is 5.97 Å². The van der Waals surface area contributed by atoms with Crippen LogP contribution in [0.5, 0.6) is 0 Å². The van der Waals surface area contributed by atoms with Gasteiger partial charge in [-0.3, -0.25) is 5.43 Å². The maximum absolute atomic E-state index is 12.1. The molecule has 0 bridgehead atoms. The third-order valence-electron chi connectivity index (χ3n) is 3.27. The molecule has 0 unspecified atom stereocenters. The first-order valence-electron chi connectivity index (χ1n) is 7.22. The summed E-state index contributed by atoms with van der Waals surface area (Å²) < 4.78 is 5.09. The van der Waals surface area contributed by atoms with E-state index in [4.69, 9.17) is 16.3 Å². The number of hydrogen-bond acceptors (Lipinski definition) is 4. The number of hydrazone groups is 1. The lowest BCUT2D eigenvalue weighted by atomic mass is 10.1. The van der Waals surface area contributed by atoms with Crippen LogP contribution in [0.25, 0.3) is 0 Å². The minimum absolute atomic E-state index is 0.316. The minimum atomic E-state index is -0.404. The molecule has 1 aliphatic rings. The molecule has 0 aliphatic carbocycles. The molecular formula is C15H20ClN3O2. The van der Waals surface area contributed by atoms with Crippen LogP contribution in [0.2, 0.25) is 5.02 Å². The number of anilines is 1. The average molecular weight is 310 g/mol. The van der Waals surface area contributed by atoms with Gasteiger partial charge in [0.25, 0.3) is 0 Å². The summed E-state index contributed by atoms with van der Waals surface area (Å²) in [7, 11) is 0. The Morgan fingerprint density at radius 3 is 2.71 bits per heavy atom. The van der Waals surface area contributed by atoms with Crippen LogP contribution in [0, 0.1) is 0 Å². The van der Waals surface area contributed by atoms with E-state index >= 15 is 0 Å². The SMILES string of the molecule is CCOC(=O)C(=NNc1ccccc1Cl)N1CCCCC1. The van der Waals surface area contributed by atoms with Gasteiger partial charge in [-0.1, -0.05) is 23.7 Å². The van der Waals surface area contributed by atoms with E-state index in [2.05, 4.69) is 10.5 Å². The summed E-state index contributed by atoms with van der Waals surface area (Å²) in [6.45, 7) is 3.76. The van der Waals surface area contributed by atoms with Gasteiger partial charge in [0.15, 0.2) is 0 Å². The second-order valence-corrected chi connectivity index (χ2v) is 5.20. The lowest BCUT2D eigenvalue weighted by molar-refractivity contribution is -0.136. The smallest absolute Gasteiger partial charge is 0.375 e. The molecule has 1 aliphatic heterocycles. The quantitative estimate of drug-likeness (QED) is 0.403. The number of benzene rings is 1. The average Bonchev–Trinajstić information content (AvgIpc) is 2.50. The van der Waals surface area contributed by atoms with Crippen molar-refractivity contribution < 1.29 is 9.53 Å².